The number of urea groups is 1. The first-order valence-electron chi connectivity index (χ1n) is 10.8. The number of nitrogens with zero attached hydrogens (tertiary/aromatic N) is 1. The molecule has 184 valence electrons. The highest BCUT2D eigenvalue weighted by molar-refractivity contribution is 9.10. The Morgan fingerprint density at radius 1 is 0.944 bits per heavy atom. The van der Waals surface area contributed by atoms with Gasteiger partial charge in [0, 0.05) is 10.0 Å². The molecule has 1 aliphatic heterocycles. The number of hydrogen-bond acceptors (Lipinski definition) is 5. The van der Waals surface area contributed by atoms with Crippen LogP contribution in [-0.4, -0.2) is 24.5 Å². The number of benzene rings is 3. The minimum absolute atomic E-state index is 0.164. The molecule has 0 bridgehead atoms. The van der Waals surface area contributed by atoms with Gasteiger partial charge in [0.05, 0.1) is 22.3 Å². The Bertz CT molecular complexity index is 1390. The van der Waals surface area contributed by atoms with E-state index in [0.717, 1.165) is 14.9 Å². The second kappa shape index (κ2) is 11.2. The van der Waals surface area contributed by atoms with Gasteiger partial charge in [0.15, 0.2) is 11.5 Å². The lowest BCUT2D eigenvalue weighted by molar-refractivity contribution is -0.122. The molecule has 0 radical (unpaired) electrons. The van der Waals surface area contributed by atoms with Crippen LogP contribution < -0.4 is 19.7 Å². The highest BCUT2D eigenvalue weighted by atomic mass is 79.9. The third-order valence-electron chi connectivity index (χ3n) is 5.18. The minimum Gasteiger partial charge on any atom is -0.490 e. The van der Waals surface area contributed by atoms with E-state index in [2.05, 4.69) is 21.2 Å². The summed E-state index contributed by atoms with van der Waals surface area (Å²) >= 11 is 15.5. The average molecular weight is 590 g/mol. The molecular formula is C26H19BrCl2N2O5. The number of hydrogen-bond donors (Lipinski definition) is 1. The maximum atomic E-state index is 13.2. The van der Waals surface area contributed by atoms with E-state index < -0.39 is 17.8 Å². The molecule has 0 saturated carbocycles. The summed E-state index contributed by atoms with van der Waals surface area (Å²) in [6, 6.07) is 16.2. The van der Waals surface area contributed by atoms with E-state index in [9.17, 15) is 14.4 Å². The first kappa shape index (κ1) is 25.8. The molecule has 1 N–H and O–H groups in total. The number of amides is 4. The van der Waals surface area contributed by atoms with Gasteiger partial charge in [0.1, 0.15) is 12.2 Å². The standard InChI is InChI=1S/C26H19BrCl2N2O5/c1-2-35-23-12-15(7-10-22(23)36-14-16-5-3-4-6-19(16)27)11-18-24(32)30-26(34)31(25(18)33)17-8-9-20(28)21(29)13-17/h3-13H,2,14H2,1H3,(H,30,32,34)/b18-11+. The molecule has 1 aliphatic rings. The van der Waals surface area contributed by atoms with Gasteiger partial charge < -0.3 is 9.47 Å². The van der Waals surface area contributed by atoms with Gasteiger partial charge in [-0.15, -0.1) is 0 Å². The van der Waals surface area contributed by atoms with E-state index in [1.807, 2.05) is 31.2 Å². The fourth-order valence-corrected chi connectivity index (χ4v) is 4.15. The largest absolute Gasteiger partial charge is 0.490 e. The fourth-order valence-electron chi connectivity index (χ4n) is 3.46. The first-order chi connectivity index (χ1) is 17.3. The summed E-state index contributed by atoms with van der Waals surface area (Å²) < 4.78 is 12.6. The number of halogens is 3. The van der Waals surface area contributed by atoms with Crippen LogP contribution in [0.15, 0.2) is 70.7 Å². The molecule has 0 aliphatic carbocycles. The molecular weight excluding hydrogens is 571 g/mol. The Labute approximate surface area is 225 Å². The van der Waals surface area contributed by atoms with E-state index in [1.165, 1.54) is 24.3 Å². The molecule has 0 spiro atoms. The zero-order valence-corrected chi connectivity index (χ0v) is 22.0. The summed E-state index contributed by atoms with van der Waals surface area (Å²) in [5, 5.41) is 2.61. The maximum absolute atomic E-state index is 13.2. The molecule has 4 amide bonds. The second-order valence-electron chi connectivity index (χ2n) is 7.58. The lowest BCUT2D eigenvalue weighted by atomic mass is 10.1. The Balaban J connectivity index is 1.63. The molecule has 7 nitrogen and oxygen atoms in total. The summed E-state index contributed by atoms with van der Waals surface area (Å²) in [6.07, 6.45) is 1.38. The third kappa shape index (κ3) is 5.56. The van der Waals surface area contributed by atoms with Crippen LogP contribution >= 0.6 is 39.1 Å². The number of imide groups is 2. The first-order valence-corrected chi connectivity index (χ1v) is 12.3. The summed E-state index contributed by atoms with van der Waals surface area (Å²) in [4.78, 5) is 39.0. The van der Waals surface area contributed by atoms with Gasteiger partial charge in [0.25, 0.3) is 11.8 Å². The molecule has 0 aromatic heterocycles. The summed E-state index contributed by atoms with van der Waals surface area (Å²) in [6.45, 7) is 2.52. The Morgan fingerprint density at radius 3 is 2.44 bits per heavy atom. The van der Waals surface area contributed by atoms with E-state index >= 15 is 0 Å². The smallest absolute Gasteiger partial charge is 0.335 e. The predicted octanol–water partition coefficient (Wildman–Crippen LogP) is 6.40. The van der Waals surface area contributed by atoms with Crippen molar-refractivity contribution in [3.05, 3.63) is 91.9 Å². The number of carbonyl (C=O) groups is 3. The van der Waals surface area contributed by atoms with Gasteiger partial charge in [-0.1, -0.05) is 63.4 Å². The zero-order valence-electron chi connectivity index (χ0n) is 18.9. The molecule has 1 heterocycles. The van der Waals surface area contributed by atoms with Crippen molar-refractivity contribution in [1.82, 2.24) is 5.32 Å². The van der Waals surface area contributed by atoms with Gasteiger partial charge in [-0.25, -0.2) is 9.69 Å². The lowest BCUT2D eigenvalue weighted by Crippen LogP contribution is -2.54. The molecule has 3 aromatic carbocycles. The van der Waals surface area contributed by atoms with Gasteiger partial charge in [0.2, 0.25) is 0 Å². The quantitative estimate of drug-likeness (QED) is 0.255. The summed E-state index contributed by atoms with van der Waals surface area (Å²) in [5.74, 6) is -0.662. The van der Waals surface area contributed by atoms with Crippen molar-refractivity contribution >= 4 is 68.7 Å². The number of carbonyl (C=O) groups excluding carboxylic acids is 3. The van der Waals surface area contributed by atoms with Crippen LogP contribution in [-0.2, 0) is 16.2 Å². The van der Waals surface area contributed by atoms with Crippen LogP contribution in [0.4, 0.5) is 10.5 Å². The minimum atomic E-state index is -0.883. The van der Waals surface area contributed by atoms with Crippen LogP contribution in [0.1, 0.15) is 18.1 Å². The van der Waals surface area contributed by atoms with Crippen LogP contribution in [0, 0.1) is 0 Å². The van der Waals surface area contributed by atoms with Crippen molar-refractivity contribution in [2.75, 3.05) is 11.5 Å². The Hall–Kier alpha value is -3.33. The van der Waals surface area contributed by atoms with Gasteiger partial charge in [-0.05, 0) is 55.0 Å². The van der Waals surface area contributed by atoms with Crippen molar-refractivity contribution in [2.45, 2.75) is 13.5 Å². The normalized spacial score (nSPS) is 14.7. The number of nitrogens with one attached hydrogen (secondary N) is 1. The van der Waals surface area contributed by atoms with E-state index in [0.29, 0.717) is 30.3 Å². The molecule has 0 atom stereocenters. The number of anilines is 1. The van der Waals surface area contributed by atoms with Crippen molar-refractivity contribution in [2.24, 2.45) is 0 Å². The molecule has 1 fully saturated rings. The summed E-state index contributed by atoms with van der Waals surface area (Å²) in [5.41, 5.74) is 1.41. The van der Waals surface area contributed by atoms with Crippen LogP contribution in [0.5, 0.6) is 11.5 Å². The van der Waals surface area contributed by atoms with Gasteiger partial charge in [-0.3, -0.25) is 14.9 Å². The number of ether oxygens (including phenoxy) is 2. The summed E-state index contributed by atoms with van der Waals surface area (Å²) in [7, 11) is 0. The van der Waals surface area contributed by atoms with Gasteiger partial charge >= 0.3 is 6.03 Å². The lowest BCUT2D eigenvalue weighted by Gasteiger charge is -2.26. The van der Waals surface area contributed by atoms with Crippen molar-refractivity contribution < 1.29 is 23.9 Å². The van der Waals surface area contributed by atoms with Crippen molar-refractivity contribution in [3.8, 4) is 11.5 Å². The van der Waals surface area contributed by atoms with E-state index in [-0.39, 0.29) is 21.3 Å². The maximum Gasteiger partial charge on any atom is 0.335 e. The average Bonchev–Trinajstić information content (AvgIpc) is 2.84. The third-order valence-corrected chi connectivity index (χ3v) is 6.70. The fraction of sp³-hybridized carbons (Fsp3) is 0.115. The molecule has 1 saturated heterocycles. The number of barbiturate groups is 1. The molecule has 3 aromatic rings. The SMILES string of the molecule is CCOc1cc(/C=C2\C(=O)NC(=O)N(c3ccc(Cl)c(Cl)c3)C2=O)ccc1OCc1ccccc1Br. The number of rotatable bonds is 7. The highest BCUT2D eigenvalue weighted by Gasteiger charge is 2.37. The molecule has 10 heteroatoms. The second-order valence-corrected chi connectivity index (χ2v) is 9.24. The van der Waals surface area contributed by atoms with Crippen LogP contribution in [0.2, 0.25) is 10.0 Å². The van der Waals surface area contributed by atoms with E-state index in [1.54, 1.807) is 18.2 Å². The monoisotopic (exact) mass is 588 g/mol. The van der Waals surface area contributed by atoms with Crippen molar-refractivity contribution in [3.63, 3.8) is 0 Å². The molecule has 0 unspecified atom stereocenters. The van der Waals surface area contributed by atoms with Gasteiger partial charge in [-0.2, -0.15) is 0 Å². The van der Waals surface area contributed by atoms with E-state index in [4.69, 9.17) is 32.7 Å². The van der Waals surface area contributed by atoms with Crippen LogP contribution in [0.25, 0.3) is 6.08 Å². The Kier molecular flexibility index (Phi) is 7.98. The molecule has 36 heavy (non-hydrogen) atoms. The highest BCUT2D eigenvalue weighted by Crippen LogP contribution is 2.32. The topological polar surface area (TPSA) is 84.9 Å². The predicted molar refractivity (Wildman–Crippen MR) is 142 cm³/mol. The van der Waals surface area contributed by atoms with Crippen molar-refractivity contribution in [1.29, 1.82) is 0 Å². The zero-order chi connectivity index (χ0) is 25.8. The molecule has 4 rings (SSSR count). The Morgan fingerprint density at radius 2 is 1.72 bits per heavy atom. The van der Waals surface area contributed by atoms with Crippen LogP contribution in [0.3, 0.4) is 0 Å².